The fourth-order valence-corrected chi connectivity index (χ4v) is 2.82. The molecule has 0 aliphatic carbocycles. The van der Waals surface area contributed by atoms with Gasteiger partial charge >= 0.3 is 0 Å². The Morgan fingerprint density at radius 3 is 2.76 bits per heavy atom. The number of methoxy groups -OCH3 is 1. The summed E-state index contributed by atoms with van der Waals surface area (Å²) in [6.45, 7) is 8.04. The van der Waals surface area contributed by atoms with Gasteiger partial charge in [-0.05, 0) is 38.5 Å². The van der Waals surface area contributed by atoms with E-state index in [1.165, 1.54) is 0 Å². The average molecular weight is 258 g/mol. The highest BCUT2D eigenvalue weighted by molar-refractivity contribution is 7.99. The van der Waals surface area contributed by atoms with Crippen molar-refractivity contribution in [2.24, 2.45) is 0 Å². The Hall–Kier alpha value is -0.240. The number of hydrogen-bond acceptors (Lipinski definition) is 4. The number of rotatable bonds is 10. The van der Waals surface area contributed by atoms with Crippen molar-refractivity contribution in [1.29, 1.82) is 5.26 Å². The lowest BCUT2D eigenvalue weighted by atomic mass is 9.98. The molecule has 0 radical (unpaired) electrons. The summed E-state index contributed by atoms with van der Waals surface area (Å²) in [7, 11) is 1.73. The Balaban J connectivity index is 3.89. The lowest BCUT2D eigenvalue weighted by Crippen LogP contribution is -2.43. The number of thioether (sulfide) groups is 1. The molecule has 17 heavy (non-hydrogen) atoms. The van der Waals surface area contributed by atoms with E-state index in [1.807, 2.05) is 18.7 Å². The number of nitrogens with zero attached hydrogens (tertiary/aromatic N) is 1. The molecule has 0 saturated heterocycles. The van der Waals surface area contributed by atoms with Gasteiger partial charge in [-0.2, -0.15) is 17.0 Å². The van der Waals surface area contributed by atoms with Gasteiger partial charge in [0.15, 0.2) is 0 Å². The lowest BCUT2D eigenvalue weighted by molar-refractivity contribution is 0.200. The summed E-state index contributed by atoms with van der Waals surface area (Å²) in [5.41, 5.74) is -0.385. The minimum Gasteiger partial charge on any atom is -0.385 e. The summed E-state index contributed by atoms with van der Waals surface area (Å²) in [4.78, 5) is 0. The highest BCUT2D eigenvalue weighted by Crippen LogP contribution is 2.22. The highest BCUT2D eigenvalue weighted by atomic mass is 32.2. The molecule has 100 valence electrons. The van der Waals surface area contributed by atoms with E-state index in [1.54, 1.807) is 7.11 Å². The molecular weight excluding hydrogens is 232 g/mol. The van der Waals surface area contributed by atoms with E-state index in [0.717, 1.165) is 38.2 Å². The Morgan fingerprint density at radius 1 is 1.53 bits per heavy atom. The van der Waals surface area contributed by atoms with Gasteiger partial charge in [-0.1, -0.05) is 13.8 Å². The van der Waals surface area contributed by atoms with Gasteiger partial charge in [0.25, 0.3) is 0 Å². The van der Waals surface area contributed by atoms with E-state index >= 15 is 0 Å². The van der Waals surface area contributed by atoms with Crippen molar-refractivity contribution in [3.63, 3.8) is 0 Å². The predicted octanol–water partition coefficient (Wildman–Crippen LogP) is 2.82. The molecule has 0 amide bonds. The standard InChI is InChI=1S/C13H26N2OS/c1-5-7-15-13(3,11-14)10-12(2)17-9-6-8-16-4/h12,15H,5-10H2,1-4H3. The molecule has 0 bridgehead atoms. The molecule has 0 spiro atoms. The first kappa shape index (κ1) is 16.8. The van der Waals surface area contributed by atoms with Gasteiger partial charge in [0.1, 0.15) is 5.54 Å². The lowest BCUT2D eigenvalue weighted by Gasteiger charge is -2.26. The molecule has 3 nitrogen and oxygen atoms in total. The van der Waals surface area contributed by atoms with Crippen molar-refractivity contribution in [2.75, 3.05) is 26.0 Å². The van der Waals surface area contributed by atoms with Crippen LogP contribution in [0.1, 0.15) is 40.0 Å². The Bertz CT molecular complexity index is 230. The van der Waals surface area contributed by atoms with Gasteiger partial charge in [0.2, 0.25) is 0 Å². The molecule has 0 rings (SSSR count). The molecule has 0 saturated carbocycles. The summed E-state index contributed by atoms with van der Waals surface area (Å²) >= 11 is 1.92. The van der Waals surface area contributed by atoms with Crippen molar-refractivity contribution in [3.05, 3.63) is 0 Å². The SMILES string of the molecule is CCCNC(C)(C#N)CC(C)SCCCOC. The third kappa shape index (κ3) is 8.48. The van der Waals surface area contributed by atoms with Crippen molar-refractivity contribution in [2.45, 2.75) is 50.8 Å². The second-order valence-electron chi connectivity index (χ2n) is 4.60. The highest BCUT2D eigenvalue weighted by Gasteiger charge is 2.25. The molecule has 2 atom stereocenters. The predicted molar refractivity (Wildman–Crippen MR) is 75.3 cm³/mol. The molecular formula is C13H26N2OS. The van der Waals surface area contributed by atoms with Crippen LogP contribution in [-0.4, -0.2) is 36.8 Å². The number of nitriles is 1. The van der Waals surface area contributed by atoms with Crippen LogP contribution in [0.2, 0.25) is 0 Å². The average Bonchev–Trinajstić information content (AvgIpc) is 2.32. The van der Waals surface area contributed by atoms with Crippen molar-refractivity contribution >= 4 is 11.8 Å². The van der Waals surface area contributed by atoms with Crippen LogP contribution in [0.3, 0.4) is 0 Å². The molecule has 4 heteroatoms. The Morgan fingerprint density at radius 2 is 2.24 bits per heavy atom. The fraction of sp³-hybridized carbons (Fsp3) is 0.923. The topological polar surface area (TPSA) is 45.0 Å². The zero-order chi connectivity index (χ0) is 13.1. The van der Waals surface area contributed by atoms with Crippen molar-refractivity contribution < 1.29 is 4.74 Å². The summed E-state index contributed by atoms with van der Waals surface area (Å²) in [5.74, 6) is 1.10. The normalized spacial score (nSPS) is 16.2. The Kier molecular flexibility index (Phi) is 9.62. The third-order valence-corrected chi connectivity index (χ3v) is 3.86. The first-order valence-corrected chi connectivity index (χ1v) is 7.39. The first-order valence-electron chi connectivity index (χ1n) is 6.34. The van der Waals surface area contributed by atoms with Crippen LogP contribution >= 0.6 is 11.8 Å². The Labute approximate surface area is 110 Å². The largest absolute Gasteiger partial charge is 0.385 e. The molecule has 1 N–H and O–H groups in total. The smallest absolute Gasteiger partial charge is 0.104 e. The minimum absolute atomic E-state index is 0.385. The molecule has 0 aliphatic rings. The molecule has 0 aliphatic heterocycles. The maximum atomic E-state index is 9.23. The number of nitrogens with one attached hydrogen (secondary N) is 1. The van der Waals surface area contributed by atoms with Crippen LogP contribution in [0.5, 0.6) is 0 Å². The molecule has 2 unspecified atom stereocenters. The van der Waals surface area contributed by atoms with Crippen LogP contribution in [0.15, 0.2) is 0 Å². The summed E-state index contributed by atoms with van der Waals surface area (Å²) in [5, 5.41) is 13.1. The summed E-state index contributed by atoms with van der Waals surface area (Å²) < 4.78 is 5.02. The van der Waals surface area contributed by atoms with Crippen LogP contribution in [0.25, 0.3) is 0 Å². The van der Waals surface area contributed by atoms with Gasteiger partial charge in [-0.3, -0.25) is 5.32 Å². The molecule has 0 fully saturated rings. The zero-order valence-electron chi connectivity index (χ0n) is 11.6. The van der Waals surface area contributed by atoms with E-state index < -0.39 is 0 Å². The maximum Gasteiger partial charge on any atom is 0.104 e. The van der Waals surface area contributed by atoms with Crippen LogP contribution in [-0.2, 0) is 4.74 Å². The quantitative estimate of drug-likeness (QED) is 0.612. The van der Waals surface area contributed by atoms with E-state index in [9.17, 15) is 5.26 Å². The van der Waals surface area contributed by atoms with Gasteiger partial charge in [-0.25, -0.2) is 0 Å². The maximum absolute atomic E-state index is 9.23. The minimum atomic E-state index is -0.385. The molecule has 0 aromatic heterocycles. The van der Waals surface area contributed by atoms with Gasteiger partial charge in [0.05, 0.1) is 6.07 Å². The first-order chi connectivity index (χ1) is 8.08. The van der Waals surface area contributed by atoms with Crippen molar-refractivity contribution in [1.82, 2.24) is 5.32 Å². The number of ether oxygens (including phenoxy) is 1. The summed E-state index contributed by atoms with van der Waals surface area (Å²) in [6, 6.07) is 2.40. The van der Waals surface area contributed by atoms with E-state index in [0.29, 0.717) is 5.25 Å². The third-order valence-electron chi connectivity index (χ3n) is 2.60. The second-order valence-corrected chi connectivity index (χ2v) is 6.15. The van der Waals surface area contributed by atoms with Gasteiger partial charge in [-0.15, -0.1) is 0 Å². The molecule has 0 aromatic carbocycles. The fourth-order valence-electron chi connectivity index (χ4n) is 1.68. The van der Waals surface area contributed by atoms with Gasteiger partial charge in [0, 0.05) is 19.0 Å². The van der Waals surface area contributed by atoms with Crippen LogP contribution < -0.4 is 5.32 Å². The second kappa shape index (κ2) is 9.76. The van der Waals surface area contributed by atoms with Crippen LogP contribution in [0, 0.1) is 11.3 Å². The number of hydrogen-bond donors (Lipinski definition) is 1. The van der Waals surface area contributed by atoms with E-state index in [4.69, 9.17) is 4.74 Å². The summed E-state index contributed by atoms with van der Waals surface area (Å²) in [6.07, 6.45) is 3.03. The van der Waals surface area contributed by atoms with Crippen LogP contribution in [0.4, 0.5) is 0 Å². The van der Waals surface area contributed by atoms with Crippen molar-refractivity contribution in [3.8, 4) is 6.07 Å². The van der Waals surface area contributed by atoms with Gasteiger partial charge < -0.3 is 4.74 Å². The molecule has 0 heterocycles. The monoisotopic (exact) mass is 258 g/mol. The zero-order valence-corrected chi connectivity index (χ0v) is 12.4. The van der Waals surface area contributed by atoms with E-state index in [2.05, 4.69) is 25.2 Å². The molecule has 0 aromatic rings. The van der Waals surface area contributed by atoms with E-state index in [-0.39, 0.29) is 5.54 Å².